The molecule has 1 amide bonds. The van der Waals surface area contributed by atoms with E-state index in [0.29, 0.717) is 0 Å². The van der Waals surface area contributed by atoms with Crippen molar-refractivity contribution in [2.24, 2.45) is 5.73 Å². The number of anilines is 2. The van der Waals surface area contributed by atoms with Crippen molar-refractivity contribution in [3.63, 3.8) is 0 Å². The highest BCUT2D eigenvalue weighted by Gasteiger charge is 2.14. The molecule has 4 N–H and O–H groups in total. The maximum atomic E-state index is 13.4. The number of methoxy groups -OCH3 is 1. The summed E-state index contributed by atoms with van der Waals surface area (Å²) < 4.78 is 42.3. The topological polar surface area (TPSA) is 111 Å². The van der Waals surface area contributed by atoms with Crippen molar-refractivity contribution in [1.82, 2.24) is 0 Å². The smallest absolute Gasteiger partial charge is 0.243 e. The minimum absolute atomic E-state index is 0.0292. The second kappa shape index (κ2) is 6.64. The lowest BCUT2D eigenvalue weighted by atomic mass is 10.2. The monoisotopic (exact) mass is 305 g/mol. The first-order valence-corrected chi connectivity index (χ1v) is 7.45. The van der Waals surface area contributed by atoms with Crippen LogP contribution in [0.15, 0.2) is 18.2 Å². The predicted molar refractivity (Wildman–Crippen MR) is 73.3 cm³/mol. The standard InChI is InChI=1S/C11H16FN3O4S/c1-19-6-9(13)11(16)14-7-3-4-8(12)10(5-7)15-20(2,17)18/h3-5,9,15H,6,13H2,1-2H3,(H,14,16). The van der Waals surface area contributed by atoms with Crippen molar-refractivity contribution < 1.29 is 22.3 Å². The molecule has 1 aromatic rings. The van der Waals surface area contributed by atoms with Crippen LogP contribution < -0.4 is 15.8 Å². The van der Waals surface area contributed by atoms with Crippen LogP contribution in [0.4, 0.5) is 15.8 Å². The van der Waals surface area contributed by atoms with Crippen molar-refractivity contribution >= 4 is 27.3 Å². The largest absolute Gasteiger partial charge is 0.383 e. The Morgan fingerprint density at radius 3 is 2.70 bits per heavy atom. The number of hydrogen-bond donors (Lipinski definition) is 3. The van der Waals surface area contributed by atoms with E-state index in [9.17, 15) is 17.6 Å². The predicted octanol–water partition coefficient (Wildman–Crippen LogP) is 0.109. The van der Waals surface area contributed by atoms with Crippen molar-refractivity contribution in [2.45, 2.75) is 6.04 Å². The van der Waals surface area contributed by atoms with E-state index < -0.39 is 27.8 Å². The minimum Gasteiger partial charge on any atom is -0.383 e. The van der Waals surface area contributed by atoms with E-state index in [2.05, 4.69) is 5.32 Å². The van der Waals surface area contributed by atoms with Gasteiger partial charge in [-0.15, -0.1) is 0 Å². The Kier molecular flexibility index (Phi) is 5.43. The summed E-state index contributed by atoms with van der Waals surface area (Å²) in [6, 6.07) is 2.61. The number of carbonyl (C=O) groups excluding carboxylic acids is 1. The fraction of sp³-hybridized carbons (Fsp3) is 0.364. The first-order valence-electron chi connectivity index (χ1n) is 5.55. The molecule has 0 spiro atoms. The summed E-state index contributed by atoms with van der Waals surface area (Å²) in [5.74, 6) is -1.28. The number of nitrogens with two attached hydrogens (primary N) is 1. The molecule has 0 saturated heterocycles. The molecular formula is C11H16FN3O4S. The second-order valence-corrected chi connectivity index (χ2v) is 5.87. The number of ether oxygens (including phenoxy) is 1. The zero-order valence-electron chi connectivity index (χ0n) is 11.0. The van der Waals surface area contributed by atoms with Gasteiger partial charge in [0.05, 0.1) is 18.6 Å². The first-order chi connectivity index (χ1) is 9.23. The van der Waals surface area contributed by atoms with Gasteiger partial charge in [-0.2, -0.15) is 0 Å². The van der Waals surface area contributed by atoms with Gasteiger partial charge in [-0.05, 0) is 18.2 Å². The number of sulfonamides is 1. The van der Waals surface area contributed by atoms with Crippen molar-refractivity contribution in [2.75, 3.05) is 30.0 Å². The molecule has 0 aliphatic rings. The van der Waals surface area contributed by atoms with E-state index in [4.69, 9.17) is 10.5 Å². The van der Waals surface area contributed by atoms with Gasteiger partial charge in [0, 0.05) is 12.8 Å². The molecule has 7 nitrogen and oxygen atoms in total. The molecule has 0 aromatic heterocycles. The molecule has 0 bridgehead atoms. The molecule has 0 fully saturated rings. The highest BCUT2D eigenvalue weighted by atomic mass is 32.2. The van der Waals surface area contributed by atoms with Crippen LogP contribution in [0.2, 0.25) is 0 Å². The number of benzene rings is 1. The fourth-order valence-electron chi connectivity index (χ4n) is 1.37. The number of hydrogen-bond acceptors (Lipinski definition) is 5. The maximum absolute atomic E-state index is 13.4. The molecule has 112 valence electrons. The molecule has 0 aliphatic carbocycles. The molecule has 0 radical (unpaired) electrons. The first kappa shape index (κ1) is 16.3. The molecule has 9 heteroatoms. The number of carbonyl (C=O) groups is 1. The number of amides is 1. The van der Waals surface area contributed by atoms with Crippen LogP contribution in [0.3, 0.4) is 0 Å². The zero-order chi connectivity index (χ0) is 15.3. The molecule has 0 aliphatic heterocycles. The maximum Gasteiger partial charge on any atom is 0.243 e. The van der Waals surface area contributed by atoms with E-state index in [0.717, 1.165) is 18.4 Å². The molecule has 0 saturated carbocycles. The van der Waals surface area contributed by atoms with Crippen LogP contribution in [0.1, 0.15) is 0 Å². The summed E-state index contributed by atoms with van der Waals surface area (Å²) >= 11 is 0. The molecule has 1 unspecified atom stereocenters. The van der Waals surface area contributed by atoms with Gasteiger partial charge < -0.3 is 15.8 Å². The van der Waals surface area contributed by atoms with Gasteiger partial charge in [0.15, 0.2) is 0 Å². The summed E-state index contributed by atoms with van der Waals surface area (Å²) in [6.07, 6.45) is 0.895. The highest BCUT2D eigenvalue weighted by molar-refractivity contribution is 7.92. The Balaban J connectivity index is 2.87. The van der Waals surface area contributed by atoms with E-state index in [-0.39, 0.29) is 18.0 Å². The Hall–Kier alpha value is -1.71. The Morgan fingerprint density at radius 1 is 1.50 bits per heavy atom. The quantitative estimate of drug-likeness (QED) is 0.691. The number of halogens is 1. The van der Waals surface area contributed by atoms with Gasteiger partial charge in [0.1, 0.15) is 11.9 Å². The lowest BCUT2D eigenvalue weighted by Gasteiger charge is -2.12. The second-order valence-electron chi connectivity index (χ2n) is 4.12. The van der Waals surface area contributed by atoms with Crippen LogP contribution >= 0.6 is 0 Å². The van der Waals surface area contributed by atoms with Gasteiger partial charge in [0.25, 0.3) is 0 Å². The third kappa shape index (κ3) is 5.11. The summed E-state index contributed by atoms with van der Waals surface area (Å²) in [7, 11) is -2.22. The Labute approximate surface area is 116 Å². The summed E-state index contributed by atoms with van der Waals surface area (Å²) in [5.41, 5.74) is 5.48. The van der Waals surface area contributed by atoms with Crippen molar-refractivity contribution in [1.29, 1.82) is 0 Å². The molecule has 1 atom stereocenters. The minimum atomic E-state index is -3.62. The van der Waals surface area contributed by atoms with E-state index >= 15 is 0 Å². The number of rotatable bonds is 6. The lowest BCUT2D eigenvalue weighted by molar-refractivity contribution is -0.118. The fourth-order valence-corrected chi connectivity index (χ4v) is 1.93. The number of nitrogens with one attached hydrogen (secondary N) is 2. The highest BCUT2D eigenvalue weighted by Crippen LogP contribution is 2.20. The summed E-state index contributed by atoms with van der Waals surface area (Å²) in [5, 5.41) is 2.43. The van der Waals surface area contributed by atoms with Crippen LogP contribution in [0, 0.1) is 5.82 Å². The molecule has 20 heavy (non-hydrogen) atoms. The summed E-state index contributed by atoms with van der Waals surface area (Å²) in [6.45, 7) is 0.0292. The Bertz CT molecular complexity index is 591. The summed E-state index contributed by atoms with van der Waals surface area (Å²) in [4.78, 5) is 11.6. The molecular weight excluding hydrogens is 289 g/mol. The van der Waals surface area contributed by atoms with Crippen LogP contribution in [-0.2, 0) is 19.6 Å². The molecule has 1 aromatic carbocycles. The van der Waals surface area contributed by atoms with E-state index in [1.807, 2.05) is 4.72 Å². The van der Waals surface area contributed by atoms with E-state index in [1.165, 1.54) is 13.2 Å². The zero-order valence-corrected chi connectivity index (χ0v) is 11.8. The van der Waals surface area contributed by atoms with Crippen LogP contribution in [-0.4, -0.2) is 40.3 Å². The Morgan fingerprint density at radius 2 is 2.15 bits per heavy atom. The van der Waals surface area contributed by atoms with Gasteiger partial charge in [0.2, 0.25) is 15.9 Å². The van der Waals surface area contributed by atoms with E-state index in [1.54, 1.807) is 0 Å². The van der Waals surface area contributed by atoms with Gasteiger partial charge >= 0.3 is 0 Å². The van der Waals surface area contributed by atoms with Gasteiger partial charge in [-0.1, -0.05) is 0 Å². The average molecular weight is 305 g/mol. The normalized spacial score (nSPS) is 12.8. The van der Waals surface area contributed by atoms with Crippen LogP contribution in [0.5, 0.6) is 0 Å². The third-order valence-corrected chi connectivity index (χ3v) is 2.80. The molecule has 0 heterocycles. The third-order valence-electron chi connectivity index (χ3n) is 2.21. The van der Waals surface area contributed by atoms with Crippen LogP contribution in [0.25, 0.3) is 0 Å². The van der Waals surface area contributed by atoms with Crippen molar-refractivity contribution in [3.8, 4) is 0 Å². The lowest BCUT2D eigenvalue weighted by Crippen LogP contribution is -2.39. The molecule has 1 rings (SSSR count). The van der Waals surface area contributed by atoms with Gasteiger partial charge in [-0.25, -0.2) is 12.8 Å². The van der Waals surface area contributed by atoms with Crippen molar-refractivity contribution in [3.05, 3.63) is 24.0 Å². The SMILES string of the molecule is COCC(N)C(=O)Nc1ccc(F)c(NS(C)(=O)=O)c1. The average Bonchev–Trinajstić information content (AvgIpc) is 2.32. The van der Waals surface area contributed by atoms with Gasteiger partial charge in [-0.3, -0.25) is 9.52 Å².